The van der Waals surface area contributed by atoms with Crippen LogP contribution < -0.4 is 5.73 Å². The Morgan fingerprint density at radius 3 is 2.57 bits per heavy atom. The lowest BCUT2D eigenvalue weighted by atomic mass is 10.0. The fourth-order valence-corrected chi connectivity index (χ4v) is 3.54. The number of halogens is 3. The van der Waals surface area contributed by atoms with Gasteiger partial charge >= 0.3 is 0 Å². The quantitative estimate of drug-likeness (QED) is 0.783. The van der Waals surface area contributed by atoms with Crippen molar-refractivity contribution in [1.29, 1.82) is 0 Å². The Bertz CT molecular complexity index is 620. The fraction of sp³-hybridized carbons (Fsp3) is 0.400. The molecule has 0 spiro atoms. The van der Waals surface area contributed by atoms with Crippen molar-refractivity contribution in [3.8, 4) is 0 Å². The van der Waals surface area contributed by atoms with E-state index < -0.39 is 0 Å². The van der Waals surface area contributed by atoms with E-state index in [1.807, 2.05) is 17.7 Å². The molecular weight excluding hydrogens is 401 g/mol. The van der Waals surface area contributed by atoms with Crippen molar-refractivity contribution in [3.05, 3.63) is 49.9 Å². The molecular formula is C15H18Br2FN3. The second kappa shape index (κ2) is 7.03. The number of nitrogens with two attached hydrogens (primary N) is 1. The van der Waals surface area contributed by atoms with Crippen LogP contribution in [0.3, 0.4) is 0 Å². The zero-order valence-corrected chi connectivity index (χ0v) is 15.2. The molecule has 1 unspecified atom stereocenters. The molecule has 0 amide bonds. The normalized spacial score (nSPS) is 12.7. The van der Waals surface area contributed by atoms with Gasteiger partial charge in [-0.25, -0.2) is 4.39 Å². The van der Waals surface area contributed by atoms with Crippen LogP contribution in [0.25, 0.3) is 0 Å². The van der Waals surface area contributed by atoms with Crippen LogP contribution in [0.1, 0.15) is 36.8 Å². The van der Waals surface area contributed by atoms with Gasteiger partial charge in [-0.15, -0.1) is 0 Å². The Kier molecular flexibility index (Phi) is 5.57. The van der Waals surface area contributed by atoms with Crippen molar-refractivity contribution >= 4 is 31.9 Å². The van der Waals surface area contributed by atoms with E-state index in [1.165, 1.54) is 12.1 Å². The van der Waals surface area contributed by atoms with Crippen LogP contribution in [-0.4, -0.2) is 9.78 Å². The molecule has 0 radical (unpaired) electrons. The number of hydrogen-bond donors (Lipinski definition) is 1. The minimum Gasteiger partial charge on any atom is -0.324 e. The molecule has 0 fully saturated rings. The molecule has 21 heavy (non-hydrogen) atoms. The molecule has 6 heteroatoms. The molecule has 3 nitrogen and oxygen atoms in total. The van der Waals surface area contributed by atoms with E-state index in [1.54, 1.807) is 0 Å². The summed E-state index contributed by atoms with van der Waals surface area (Å²) < 4.78 is 17.2. The summed E-state index contributed by atoms with van der Waals surface area (Å²) >= 11 is 6.91. The van der Waals surface area contributed by atoms with E-state index in [-0.39, 0.29) is 11.9 Å². The van der Waals surface area contributed by atoms with Gasteiger partial charge in [0.1, 0.15) is 5.82 Å². The van der Waals surface area contributed by atoms with E-state index in [0.717, 1.165) is 34.4 Å². The van der Waals surface area contributed by atoms with Crippen molar-refractivity contribution in [2.45, 2.75) is 39.3 Å². The lowest BCUT2D eigenvalue weighted by molar-refractivity contribution is 0.579. The molecule has 0 aliphatic rings. The maximum atomic E-state index is 13.5. The van der Waals surface area contributed by atoms with Crippen LogP contribution in [0.15, 0.2) is 27.1 Å². The molecule has 1 aromatic carbocycles. The van der Waals surface area contributed by atoms with Crippen molar-refractivity contribution in [3.63, 3.8) is 0 Å². The topological polar surface area (TPSA) is 43.8 Å². The number of nitrogens with zero attached hydrogens (tertiary/aromatic N) is 2. The molecule has 1 aromatic heterocycles. The minimum absolute atomic E-state index is 0.278. The second-order valence-corrected chi connectivity index (χ2v) is 6.60. The summed E-state index contributed by atoms with van der Waals surface area (Å²) in [5.41, 5.74) is 9.12. The highest BCUT2D eigenvalue weighted by molar-refractivity contribution is 9.10. The summed E-state index contributed by atoms with van der Waals surface area (Å²) in [5.74, 6) is -0.285. The van der Waals surface area contributed by atoms with Gasteiger partial charge in [-0.2, -0.15) is 5.10 Å². The van der Waals surface area contributed by atoms with Gasteiger partial charge in [0.2, 0.25) is 0 Å². The van der Waals surface area contributed by atoms with Gasteiger partial charge in [0.05, 0.1) is 15.9 Å². The Morgan fingerprint density at radius 2 is 2.00 bits per heavy atom. The zero-order chi connectivity index (χ0) is 15.6. The highest BCUT2D eigenvalue weighted by Crippen LogP contribution is 2.27. The maximum Gasteiger partial charge on any atom is 0.124 e. The monoisotopic (exact) mass is 417 g/mol. The first-order valence-corrected chi connectivity index (χ1v) is 8.50. The Balaban J connectivity index is 2.30. The van der Waals surface area contributed by atoms with Gasteiger partial charge in [-0.3, -0.25) is 4.68 Å². The average molecular weight is 419 g/mol. The van der Waals surface area contributed by atoms with E-state index in [9.17, 15) is 4.39 Å². The Labute approximate surface area is 141 Å². The van der Waals surface area contributed by atoms with Gasteiger partial charge in [0.25, 0.3) is 0 Å². The summed E-state index contributed by atoms with van der Waals surface area (Å²) in [4.78, 5) is 0. The summed E-state index contributed by atoms with van der Waals surface area (Å²) in [7, 11) is 0. The molecule has 2 aromatic rings. The van der Waals surface area contributed by atoms with Gasteiger partial charge in [0.15, 0.2) is 0 Å². The SMILES string of the molecule is CCc1nn(CC)c(CC(N)c2cc(F)cc(Br)c2)c1Br. The third-order valence-corrected chi connectivity index (χ3v) is 4.79. The smallest absolute Gasteiger partial charge is 0.124 e. The third kappa shape index (κ3) is 3.73. The lowest BCUT2D eigenvalue weighted by Gasteiger charge is -2.14. The standard InChI is InChI=1S/C15H18Br2FN3/c1-3-13-15(17)14(21(4-2)20-13)8-12(19)9-5-10(16)7-11(18)6-9/h5-7,12H,3-4,8,19H2,1-2H3. The molecule has 0 bridgehead atoms. The first-order valence-electron chi connectivity index (χ1n) is 6.91. The predicted molar refractivity (Wildman–Crippen MR) is 89.7 cm³/mol. The number of hydrogen-bond acceptors (Lipinski definition) is 2. The molecule has 1 heterocycles. The van der Waals surface area contributed by atoms with Gasteiger partial charge in [-0.05, 0) is 53.0 Å². The number of aromatic nitrogens is 2. The number of aryl methyl sites for hydroxylation is 2. The van der Waals surface area contributed by atoms with Crippen LogP contribution in [0, 0.1) is 5.82 Å². The highest BCUT2D eigenvalue weighted by Gasteiger charge is 2.18. The highest BCUT2D eigenvalue weighted by atomic mass is 79.9. The first-order chi connectivity index (χ1) is 9.96. The van der Waals surface area contributed by atoms with Gasteiger partial charge in [-0.1, -0.05) is 22.9 Å². The van der Waals surface area contributed by atoms with Crippen LogP contribution in [0.4, 0.5) is 4.39 Å². The summed E-state index contributed by atoms with van der Waals surface area (Å²) in [6.45, 7) is 4.90. The largest absolute Gasteiger partial charge is 0.324 e. The van der Waals surface area contributed by atoms with Crippen LogP contribution in [0.2, 0.25) is 0 Å². The van der Waals surface area contributed by atoms with Crippen LogP contribution in [-0.2, 0) is 19.4 Å². The summed E-state index contributed by atoms with van der Waals surface area (Å²) in [6.07, 6.45) is 1.47. The van der Waals surface area contributed by atoms with Crippen molar-refractivity contribution in [2.75, 3.05) is 0 Å². The summed E-state index contributed by atoms with van der Waals surface area (Å²) in [6, 6.07) is 4.49. The Morgan fingerprint density at radius 1 is 1.29 bits per heavy atom. The third-order valence-electron chi connectivity index (χ3n) is 3.42. The Hall–Kier alpha value is -0.720. The average Bonchev–Trinajstić information content (AvgIpc) is 2.74. The molecule has 1 atom stereocenters. The van der Waals surface area contributed by atoms with Crippen LogP contribution >= 0.6 is 31.9 Å². The molecule has 0 saturated carbocycles. The van der Waals surface area contributed by atoms with Gasteiger partial charge in [0, 0.05) is 23.5 Å². The van der Waals surface area contributed by atoms with Crippen molar-refractivity contribution in [2.24, 2.45) is 5.73 Å². The molecule has 2 N–H and O–H groups in total. The van der Waals surface area contributed by atoms with Gasteiger partial charge < -0.3 is 5.73 Å². The zero-order valence-electron chi connectivity index (χ0n) is 12.0. The van der Waals surface area contributed by atoms with E-state index in [2.05, 4.69) is 43.9 Å². The lowest BCUT2D eigenvalue weighted by Crippen LogP contribution is -2.16. The second-order valence-electron chi connectivity index (χ2n) is 4.89. The van der Waals surface area contributed by atoms with E-state index >= 15 is 0 Å². The molecule has 2 rings (SSSR count). The summed E-state index contributed by atoms with van der Waals surface area (Å²) in [5, 5.41) is 4.56. The molecule has 0 aliphatic carbocycles. The van der Waals surface area contributed by atoms with Crippen LogP contribution in [0.5, 0.6) is 0 Å². The molecule has 114 valence electrons. The number of benzene rings is 1. The molecule has 0 aliphatic heterocycles. The first kappa shape index (κ1) is 16.6. The van der Waals surface area contributed by atoms with Crippen molar-refractivity contribution < 1.29 is 4.39 Å². The van der Waals surface area contributed by atoms with E-state index in [0.29, 0.717) is 10.9 Å². The fourth-order valence-electron chi connectivity index (χ4n) is 2.33. The predicted octanol–water partition coefficient (Wildman–Crippen LogP) is 4.37. The van der Waals surface area contributed by atoms with E-state index in [4.69, 9.17) is 5.73 Å². The number of rotatable bonds is 5. The molecule has 0 saturated heterocycles. The maximum absolute atomic E-state index is 13.5. The minimum atomic E-state index is -0.285. The van der Waals surface area contributed by atoms with Crippen molar-refractivity contribution in [1.82, 2.24) is 9.78 Å².